The van der Waals surface area contributed by atoms with Crippen LogP contribution in [0, 0.1) is 6.92 Å². The molecule has 2 aromatic heterocycles. The topological polar surface area (TPSA) is 48.0 Å². The van der Waals surface area contributed by atoms with E-state index in [0.29, 0.717) is 17.7 Å². The molecule has 0 bridgehead atoms. The van der Waals surface area contributed by atoms with Crippen LogP contribution in [0.15, 0.2) is 41.0 Å². The Bertz CT molecular complexity index is 768. The molecule has 0 unspecified atom stereocenters. The number of carbonyl (C=O) groups is 1. The molecule has 0 N–H and O–H groups in total. The van der Waals surface area contributed by atoms with Gasteiger partial charge in [-0.25, -0.2) is 0 Å². The molecule has 0 radical (unpaired) electrons. The summed E-state index contributed by atoms with van der Waals surface area (Å²) in [6.07, 6.45) is 1.85. The zero-order chi connectivity index (χ0) is 14.1. The van der Waals surface area contributed by atoms with Crippen LogP contribution in [0.3, 0.4) is 0 Å². The molecule has 4 nitrogen and oxygen atoms in total. The maximum atomic E-state index is 12.3. The van der Waals surface area contributed by atoms with Gasteiger partial charge in [0.05, 0.1) is 29.5 Å². The molecular weight excluding hydrogens is 252 g/mol. The molecule has 0 spiro atoms. The molecular formula is C16H16N2O2. The zero-order valence-electron chi connectivity index (χ0n) is 11.6. The fraction of sp³-hybridized carbons (Fsp3) is 0.250. The molecule has 0 aliphatic carbocycles. The van der Waals surface area contributed by atoms with Crippen molar-refractivity contribution in [3.63, 3.8) is 0 Å². The van der Waals surface area contributed by atoms with Crippen molar-refractivity contribution in [1.29, 1.82) is 0 Å². The highest BCUT2D eigenvalue weighted by Crippen LogP contribution is 2.21. The number of ketones is 1. The molecule has 0 aliphatic rings. The first-order valence-corrected chi connectivity index (χ1v) is 6.72. The van der Waals surface area contributed by atoms with Crippen LogP contribution in [0.2, 0.25) is 0 Å². The summed E-state index contributed by atoms with van der Waals surface area (Å²) in [5.74, 6) is 0.706. The van der Waals surface area contributed by atoms with Crippen molar-refractivity contribution in [1.82, 2.24) is 9.78 Å². The number of benzene rings is 1. The summed E-state index contributed by atoms with van der Waals surface area (Å²) < 4.78 is 7.12. The van der Waals surface area contributed by atoms with Gasteiger partial charge < -0.3 is 4.42 Å². The van der Waals surface area contributed by atoms with Gasteiger partial charge >= 0.3 is 0 Å². The normalized spacial score (nSPS) is 11.1. The number of carbonyl (C=O) groups excluding carboxylic acids is 1. The van der Waals surface area contributed by atoms with Crippen molar-refractivity contribution in [3.8, 4) is 0 Å². The number of hydrogen-bond donors (Lipinski definition) is 0. The maximum Gasteiger partial charge on any atom is 0.172 e. The van der Waals surface area contributed by atoms with E-state index in [1.165, 1.54) is 0 Å². The second-order valence-corrected chi connectivity index (χ2v) is 4.77. The Morgan fingerprint density at radius 1 is 1.30 bits per heavy atom. The zero-order valence-corrected chi connectivity index (χ0v) is 11.6. The monoisotopic (exact) mass is 268 g/mol. The molecule has 20 heavy (non-hydrogen) atoms. The highest BCUT2D eigenvalue weighted by Gasteiger charge is 2.16. The number of hydrogen-bond acceptors (Lipinski definition) is 3. The van der Waals surface area contributed by atoms with Gasteiger partial charge in [0.1, 0.15) is 5.76 Å². The Balaban J connectivity index is 1.99. The van der Waals surface area contributed by atoms with Crippen LogP contribution in [0.4, 0.5) is 0 Å². The van der Waals surface area contributed by atoms with E-state index in [0.717, 1.165) is 23.1 Å². The Morgan fingerprint density at radius 2 is 2.10 bits per heavy atom. The average Bonchev–Trinajstić information content (AvgIpc) is 3.03. The summed E-state index contributed by atoms with van der Waals surface area (Å²) in [4.78, 5) is 12.3. The van der Waals surface area contributed by atoms with Crippen molar-refractivity contribution >= 4 is 16.7 Å². The lowest BCUT2D eigenvalue weighted by Crippen LogP contribution is -2.05. The summed E-state index contributed by atoms with van der Waals surface area (Å²) in [6.45, 7) is 4.64. The van der Waals surface area contributed by atoms with Crippen LogP contribution >= 0.6 is 0 Å². The molecule has 3 aromatic rings. The summed E-state index contributed by atoms with van der Waals surface area (Å²) >= 11 is 0. The van der Waals surface area contributed by atoms with E-state index in [2.05, 4.69) is 5.10 Å². The van der Waals surface area contributed by atoms with E-state index in [1.54, 1.807) is 19.3 Å². The molecule has 102 valence electrons. The minimum absolute atomic E-state index is 0.0442. The average molecular weight is 268 g/mol. The minimum Gasteiger partial charge on any atom is -0.469 e. The third-order valence-corrected chi connectivity index (χ3v) is 3.52. The van der Waals surface area contributed by atoms with E-state index < -0.39 is 0 Å². The van der Waals surface area contributed by atoms with Gasteiger partial charge in [-0.2, -0.15) is 5.10 Å². The SMILES string of the molecule is CCn1nc(CC(=O)c2ccoc2C)c2ccccc21. The van der Waals surface area contributed by atoms with Crippen LogP contribution < -0.4 is 0 Å². The van der Waals surface area contributed by atoms with E-state index in [1.807, 2.05) is 35.9 Å². The predicted molar refractivity (Wildman–Crippen MR) is 76.9 cm³/mol. The van der Waals surface area contributed by atoms with Gasteiger partial charge in [-0.1, -0.05) is 18.2 Å². The molecule has 0 saturated heterocycles. The minimum atomic E-state index is 0.0442. The van der Waals surface area contributed by atoms with Crippen molar-refractivity contribution in [2.75, 3.05) is 0 Å². The molecule has 1 aromatic carbocycles. The largest absolute Gasteiger partial charge is 0.469 e. The molecule has 0 amide bonds. The molecule has 2 heterocycles. The smallest absolute Gasteiger partial charge is 0.172 e. The predicted octanol–water partition coefficient (Wildman–Crippen LogP) is 3.38. The fourth-order valence-corrected chi connectivity index (χ4v) is 2.49. The number of Topliss-reactive ketones (excluding diaryl/α,β-unsaturated/α-hetero) is 1. The lowest BCUT2D eigenvalue weighted by atomic mass is 10.1. The second-order valence-electron chi connectivity index (χ2n) is 4.77. The van der Waals surface area contributed by atoms with Gasteiger partial charge in [0.2, 0.25) is 0 Å². The highest BCUT2D eigenvalue weighted by molar-refractivity contribution is 6.00. The van der Waals surface area contributed by atoms with Gasteiger partial charge in [0.25, 0.3) is 0 Å². The number of para-hydroxylation sites is 1. The van der Waals surface area contributed by atoms with Crippen molar-refractivity contribution in [2.45, 2.75) is 26.8 Å². The number of rotatable bonds is 4. The highest BCUT2D eigenvalue weighted by atomic mass is 16.3. The van der Waals surface area contributed by atoms with Crippen molar-refractivity contribution in [3.05, 3.63) is 53.6 Å². The Kier molecular flexibility index (Phi) is 3.14. The number of furan rings is 1. The van der Waals surface area contributed by atoms with Crippen molar-refractivity contribution < 1.29 is 9.21 Å². The lowest BCUT2D eigenvalue weighted by Gasteiger charge is -1.97. The van der Waals surface area contributed by atoms with Gasteiger partial charge in [-0.3, -0.25) is 9.48 Å². The number of fused-ring (bicyclic) bond motifs is 1. The standard InChI is InChI=1S/C16H16N2O2/c1-3-18-15-7-5-4-6-13(15)14(17-18)10-16(19)12-8-9-20-11(12)2/h4-9H,3,10H2,1-2H3. The number of nitrogens with zero attached hydrogens (tertiary/aromatic N) is 2. The van der Waals surface area contributed by atoms with E-state index >= 15 is 0 Å². The third-order valence-electron chi connectivity index (χ3n) is 3.52. The van der Waals surface area contributed by atoms with Crippen LogP contribution in [0.1, 0.15) is 28.7 Å². The summed E-state index contributed by atoms with van der Waals surface area (Å²) in [7, 11) is 0. The van der Waals surface area contributed by atoms with E-state index in [9.17, 15) is 4.79 Å². The third kappa shape index (κ3) is 2.03. The van der Waals surface area contributed by atoms with Gasteiger partial charge in [0.15, 0.2) is 5.78 Å². The lowest BCUT2D eigenvalue weighted by molar-refractivity contribution is 0.0990. The molecule has 0 atom stereocenters. The molecule has 0 fully saturated rings. The summed E-state index contributed by atoms with van der Waals surface area (Å²) in [5.41, 5.74) is 2.54. The Hall–Kier alpha value is -2.36. The van der Waals surface area contributed by atoms with Crippen LogP contribution in [0.25, 0.3) is 10.9 Å². The quantitative estimate of drug-likeness (QED) is 0.681. The maximum absolute atomic E-state index is 12.3. The molecule has 3 rings (SSSR count). The van der Waals surface area contributed by atoms with Gasteiger partial charge in [-0.05, 0) is 26.0 Å². The second kappa shape index (κ2) is 4.96. The number of aromatic nitrogens is 2. The first-order valence-electron chi connectivity index (χ1n) is 6.72. The van der Waals surface area contributed by atoms with Crippen molar-refractivity contribution in [2.24, 2.45) is 0 Å². The molecule has 4 heteroatoms. The first kappa shape index (κ1) is 12.7. The molecule has 0 aliphatic heterocycles. The summed E-state index contributed by atoms with van der Waals surface area (Å²) in [5, 5.41) is 5.60. The Morgan fingerprint density at radius 3 is 2.80 bits per heavy atom. The Labute approximate surface area is 117 Å². The summed E-state index contributed by atoms with van der Waals surface area (Å²) in [6, 6.07) is 9.72. The van der Waals surface area contributed by atoms with Crippen LogP contribution in [-0.4, -0.2) is 15.6 Å². The van der Waals surface area contributed by atoms with Gasteiger partial charge in [-0.15, -0.1) is 0 Å². The van der Waals surface area contributed by atoms with Gasteiger partial charge in [0, 0.05) is 11.9 Å². The van der Waals surface area contributed by atoms with E-state index in [4.69, 9.17) is 4.42 Å². The van der Waals surface area contributed by atoms with Crippen LogP contribution in [0.5, 0.6) is 0 Å². The first-order chi connectivity index (χ1) is 9.70. The van der Waals surface area contributed by atoms with Crippen LogP contribution in [-0.2, 0) is 13.0 Å². The molecule has 0 saturated carbocycles. The number of aryl methyl sites for hydroxylation is 2. The van der Waals surface area contributed by atoms with E-state index in [-0.39, 0.29) is 5.78 Å². The fourth-order valence-electron chi connectivity index (χ4n) is 2.49.